The highest BCUT2D eigenvalue weighted by molar-refractivity contribution is 5.95. The quantitative estimate of drug-likeness (QED) is 0.782. The van der Waals surface area contributed by atoms with Gasteiger partial charge in [-0.1, -0.05) is 12.1 Å². The second kappa shape index (κ2) is 3.73. The largest absolute Gasteiger partial charge is 0.366 e. The average Bonchev–Trinajstić information content (AvgIpc) is 2.65. The Morgan fingerprint density at radius 3 is 2.75 bits per heavy atom. The predicted molar refractivity (Wildman–Crippen MR) is 57.5 cm³/mol. The maximum absolute atomic E-state index is 11.2. The Hall–Kier alpha value is -2.24. The monoisotopic (exact) mass is 217 g/mol. The van der Waals surface area contributed by atoms with E-state index < -0.39 is 5.91 Å². The van der Waals surface area contributed by atoms with Gasteiger partial charge in [-0.3, -0.25) is 4.79 Å². The van der Waals surface area contributed by atoms with E-state index in [0.717, 1.165) is 11.1 Å². The van der Waals surface area contributed by atoms with Crippen LogP contribution in [0.25, 0.3) is 11.4 Å². The SMILES string of the molecule is Cc1ccc(-c2nnn(C)n2)cc1C(N)=O. The molecule has 1 aromatic heterocycles. The second-order valence-corrected chi connectivity index (χ2v) is 3.50. The summed E-state index contributed by atoms with van der Waals surface area (Å²) in [5.41, 5.74) is 7.31. The van der Waals surface area contributed by atoms with Gasteiger partial charge in [-0.25, -0.2) is 0 Å². The van der Waals surface area contributed by atoms with Crippen LogP contribution in [0.5, 0.6) is 0 Å². The molecular formula is C10H11N5O. The van der Waals surface area contributed by atoms with Crippen LogP contribution in [-0.2, 0) is 7.05 Å². The molecule has 0 aliphatic rings. The van der Waals surface area contributed by atoms with E-state index in [2.05, 4.69) is 15.4 Å². The van der Waals surface area contributed by atoms with Crippen LogP contribution >= 0.6 is 0 Å². The number of hydrogen-bond donors (Lipinski definition) is 1. The van der Waals surface area contributed by atoms with E-state index in [1.165, 1.54) is 4.80 Å². The number of amides is 1. The standard InChI is InChI=1S/C10H11N5O/c1-6-3-4-7(5-8(6)9(11)16)10-12-14-15(2)13-10/h3-5H,1-2H3,(H2,11,16). The fourth-order valence-corrected chi connectivity index (χ4v) is 1.43. The van der Waals surface area contributed by atoms with E-state index in [0.29, 0.717) is 11.4 Å². The summed E-state index contributed by atoms with van der Waals surface area (Å²) >= 11 is 0. The van der Waals surface area contributed by atoms with Gasteiger partial charge in [-0.15, -0.1) is 10.2 Å². The number of primary amides is 1. The first-order valence-electron chi connectivity index (χ1n) is 4.73. The minimum atomic E-state index is -0.455. The normalized spacial score (nSPS) is 10.4. The molecule has 6 nitrogen and oxygen atoms in total. The molecule has 1 heterocycles. The van der Waals surface area contributed by atoms with Gasteiger partial charge in [0.1, 0.15) is 0 Å². The van der Waals surface area contributed by atoms with Crippen molar-refractivity contribution in [3.8, 4) is 11.4 Å². The van der Waals surface area contributed by atoms with Crippen molar-refractivity contribution >= 4 is 5.91 Å². The number of nitrogens with two attached hydrogens (primary N) is 1. The number of carbonyl (C=O) groups is 1. The summed E-state index contributed by atoms with van der Waals surface area (Å²) in [7, 11) is 1.68. The maximum Gasteiger partial charge on any atom is 0.248 e. The van der Waals surface area contributed by atoms with Crippen molar-refractivity contribution in [1.29, 1.82) is 0 Å². The number of nitrogens with zero attached hydrogens (tertiary/aromatic N) is 4. The Labute approximate surface area is 92.1 Å². The second-order valence-electron chi connectivity index (χ2n) is 3.50. The van der Waals surface area contributed by atoms with E-state index >= 15 is 0 Å². The zero-order valence-corrected chi connectivity index (χ0v) is 9.01. The Morgan fingerprint density at radius 1 is 1.44 bits per heavy atom. The summed E-state index contributed by atoms with van der Waals surface area (Å²) in [5, 5.41) is 11.6. The van der Waals surface area contributed by atoms with Gasteiger partial charge < -0.3 is 5.73 Å². The van der Waals surface area contributed by atoms with Crippen molar-refractivity contribution in [1.82, 2.24) is 20.2 Å². The minimum Gasteiger partial charge on any atom is -0.366 e. The molecule has 0 unspecified atom stereocenters. The lowest BCUT2D eigenvalue weighted by atomic mass is 10.0. The molecule has 1 aromatic carbocycles. The lowest BCUT2D eigenvalue weighted by Gasteiger charge is -2.02. The molecular weight excluding hydrogens is 206 g/mol. The zero-order valence-electron chi connectivity index (χ0n) is 9.01. The summed E-state index contributed by atoms with van der Waals surface area (Å²) in [6.45, 7) is 1.83. The lowest BCUT2D eigenvalue weighted by molar-refractivity contribution is 0.1000. The van der Waals surface area contributed by atoms with Gasteiger partial charge in [0.25, 0.3) is 0 Å². The first-order chi connectivity index (χ1) is 7.58. The summed E-state index contributed by atoms with van der Waals surface area (Å²) in [6.07, 6.45) is 0. The van der Waals surface area contributed by atoms with Crippen molar-refractivity contribution in [2.75, 3.05) is 0 Å². The van der Waals surface area contributed by atoms with Gasteiger partial charge in [-0.2, -0.15) is 4.80 Å². The highest BCUT2D eigenvalue weighted by Gasteiger charge is 2.10. The van der Waals surface area contributed by atoms with Crippen LogP contribution < -0.4 is 5.73 Å². The molecule has 82 valence electrons. The number of aromatic nitrogens is 4. The van der Waals surface area contributed by atoms with Crippen LogP contribution in [0.4, 0.5) is 0 Å². The van der Waals surface area contributed by atoms with Crippen LogP contribution in [0.2, 0.25) is 0 Å². The van der Waals surface area contributed by atoms with Crippen LogP contribution in [0.1, 0.15) is 15.9 Å². The van der Waals surface area contributed by atoms with Crippen LogP contribution in [0.15, 0.2) is 18.2 Å². The molecule has 16 heavy (non-hydrogen) atoms. The molecule has 0 saturated heterocycles. The summed E-state index contributed by atoms with van der Waals surface area (Å²) in [4.78, 5) is 12.5. The molecule has 0 bridgehead atoms. The Kier molecular flexibility index (Phi) is 2.40. The van der Waals surface area contributed by atoms with Crippen molar-refractivity contribution < 1.29 is 4.79 Å². The fourth-order valence-electron chi connectivity index (χ4n) is 1.43. The number of rotatable bonds is 2. The number of aryl methyl sites for hydroxylation is 2. The summed E-state index contributed by atoms with van der Waals surface area (Å²) < 4.78 is 0. The van der Waals surface area contributed by atoms with Crippen LogP contribution in [0, 0.1) is 6.92 Å². The van der Waals surface area contributed by atoms with E-state index in [9.17, 15) is 4.79 Å². The predicted octanol–water partition coefficient (Wildman–Crippen LogP) is 0.284. The first-order valence-corrected chi connectivity index (χ1v) is 4.73. The van der Waals surface area contributed by atoms with Gasteiger partial charge >= 0.3 is 0 Å². The van der Waals surface area contributed by atoms with Gasteiger partial charge in [0.05, 0.1) is 7.05 Å². The average molecular weight is 217 g/mol. The van der Waals surface area contributed by atoms with Gasteiger partial charge in [0.15, 0.2) is 0 Å². The van der Waals surface area contributed by atoms with Crippen molar-refractivity contribution in [3.05, 3.63) is 29.3 Å². The maximum atomic E-state index is 11.2. The first kappa shape index (κ1) is 10.3. The lowest BCUT2D eigenvalue weighted by Crippen LogP contribution is -2.12. The molecule has 0 atom stereocenters. The highest BCUT2D eigenvalue weighted by atomic mass is 16.1. The van der Waals surface area contributed by atoms with E-state index in [1.807, 2.05) is 19.1 Å². The molecule has 0 radical (unpaired) electrons. The van der Waals surface area contributed by atoms with Crippen molar-refractivity contribution in [2.45, 2.75) is 6.92 Å². The Balaban J connectivity index is 2.51. The number of hydrogen-bond acceptors (Lipinski definition) is 4. The number of benzene rings is 1. The zero-order chi connectivity index (χ0) is 11.7. The molecule has 0 aliphatic carbocycles. The molecule has 2 N–H and O–H groups in total. The van der Waals surface area contributed by atoms with E-state index in [1.54, 1.807) is 13.1 Å². The molecule has 1 amide bonds. The third-order valence-corrected chi connectivity index (χ3v) is 2.27. The Morgan fingerprint density at radius 2 is 2.19 bits per heavy atom. The van der Waals surface area contributed by atoms with E-state index in [4.69, 9.17) is 5.73 Å². The minimum absolute atomic E-state index is 0.455. The van der Waals surface area contributed by atoms with Gasteiger partial charge in [0, 0.05) is 11.1 Å². The summed E-state index contributed by atoms with van der Waals surface area (Å²) in [5.74, 6) is 0.0215. The summed E-state index contributed by atoms with van der Waals surface area (Å²) in [6, 6.07) is 5.32. The van der Waals surface area contributed by atoms with Gasteiger partial charge in [0.2, 0.25) is 11.7 Å². The van der Waals surface area contributed by atoms with E-state index in [-0.39, 0.29) is 0 Å². The molecule has 0 fully saturated rings. The molecule has 0 spiro atoms. The highest BCUT2D eigenvalue weighted by Crippen LogP contribution is 2.18. The van der Waals surface area contributed by atoms with Gasteiger partial charge in [-0.05, 0) is 23.8 Å². The molecule has 2 aromatic rings. The topological polar surface area (TPSA) is 86.7 Å². The fraction of sp³-hybridized carbons (Fsp3) is 0.200. The third-order valence-electron chi connectivity index (χ3n) is 2.27. The number of tetrazole rings is 1. The van der Waals surface area contributed by atoms with Crippen LogP contribution in [-0.4, -0.2) is 26.1 Å². The van der Waals surface area contributed by atoms with Crippen LogP contribution in [0.3, 0.4) is 0 Å². The Bertz CT molecular complexity index is 546. The molecule has 2 rings (SSSR count). The van der Waals surface area contributed by atoms with Crippen molar-refractivity contribution in [2.24, 2.45) is 12.8 Å². The molecule has 0 saturated carbocycles. The smallest absolute Gasteiger partial charge is 0.248 e. The third kappa shape index (κ3) is 1.77. The van der Waals surface area contributed by atoms with Crippen molar-refractivity contribution in [3.63, 3.8) is 0 Å². The molecule has 6 heteroatoms. The number of carbonyl (C=O) groups excluding carboxylic acids is 1. The molecule has 0 aliphatic heterocycles.